The largest absolute Gasteiger partial charge is 0.381 e. The molecule has 0 amide bonds. The van der Waals surface area contributed by atoms with Crippen LogP contribution in [0, 0.1) is 11.7 Å². The highest BCUT2D eigenvalue weighted by atomic mass is 32.2. The number of ether oxygens (including phenoxy) is 1. The number of benzene rings is 1. The predicted octanol–water partition coefficient (Wildman–Crippen LogP) is 0.599. The summed E-state index contributed by atoms with van der Waals surface area (Å²) < 4.78 is 45.2. The predicted molar refractivity (Wildman–Crippen MR) is 68.4 cm³/mol. The van der Waals surface area contributed by atoms with Gasteiger partial charge in [-0.25, -0.2) is 17.5 Å². The Labute approximate surface area is 112 Å². The molecule has 0 bridgehead atoms. The van der Waals surface area contributed by atoms with Crippen LogP contribution in [0.4, 0.5) is 4.39 Å². The van der Waals surface area contributed by atoms with Crippen molar-refractivity contribution in [3.63, 3.8) is 0 Å². The Morgan fingerprint density at radius 1 is 1.47 bits per heavy atom. The summed E-state index contributed by atoms with van der Waals surface area (Å²) >= 11 is 0. The van der Waals surface area contributed by atoms with Crippen LogP contribution in [-0.4, -0.2) is 28.2 Å². The Balaban J connectivity index is 2.16. The van der Waals surface area contributed by atoms with Gasteiger partial charge in [-0.15, -0.1) is 0 Å². The van der Waals surface area contributed by atoms with Crippen molar-refractivity contribution in [2.75, 3.05) is 19.8 Å². The van der Waals surface area contributed by atoms with Gasteiger partial charge in [-0.3, -0.25) is 0 Å². The van der Waals surface area contributed by atoms with Crippen molar-refractivity contribution in [2.24, 2.45) is 11.7 Å². The molecule has 7 heteroatoms. The number of halogens is 1. The number of hydrogen-bond acceptors (Lipinski definition) is 4. The molecule has 0 aromatic heterocycles. The average Bonchev–Trinajstić information content (AvgIpc) is 2.89. The normalized spacial score (nSPS) is 19.8. The molecule has 0 aliphatic carbocycles. The first-order valence-electron chi connectivity index (χ1n) is 6.09. The highest BCUT2D eigenvalue weighted by molar-refractivity contribution is 7.89. The second kappa shape index (κ2) is 5.96. The molecule has 1 aromatic rings. The molecule has 1 heterocycles. The zero-order chi connectivity index (χ0) is 13.9. The fraction of sp³-hybridized carbons (Fsp3) is 0.500. The average molecular weight is 288 g/mol. The van der Waals surface area contributed by atoms with E-state index in [4.69, 9.17) is 10.5 Å². The van der Waals surface area contributed by atoms with Crippen molar-refractivity contribution in [1.29, 1.82) is 0 Å². The fourth-order valence-electron chi connectivity index (χ4n) is 2.00. The lowest BCUT2D eigenvalue weighted by atomic mass is 10.1. The van der Waals surface area contributed by atoms with Crippen LogP contribution >= 0.6 is 0 Å². The fourth-order valence-corrected chi connectivity index (χ4v) is 3.37. The van der Waals surface area contributed by atoms with Crippen LogP contribution in [0.25, 0.3) is 0 Å². The summed E-state index contributed by atoms with van der Waals surface area (Å²) in [5.74, 6) is -0.425. The minimum atomic E-state index is -3.74. The van der Waals surface area contributed by atoms with E-state index in [1.165, 1.54) is 12.1 Å². The minimum Gasteiger partial charge on any atom is -0.381 e. The Morgan fingerprint density at radius 3 is 2.89 bits per heavy atom. The van der Waals surface area contributed by atoms with Gasteiger partial charge in [-0.1, -0.05) is 6.07 Å². The van der Waals surface area contributed by atoms with Crippen molar-refractivity contribution in [3.05, 3.63) is 29.6 Å². The highest BCUT2D eigenvalue weighted by Crippen LogP contribution is 2.18. The van der Waals surface area contributed by atoms with Gasteiger partial charge in [-0.2, -0.15) is 0 Å². The van der Waals surface area contributed by atoms with Gasteiger partial charge in [0, 0.05) is 19.7 Å². The van der Waals surface area contributed by atoms with Crippen LogP contribution in [0.3, 0.4) is 0 Å². The Kier molecular flexibility index (Phi) is 4.51. The monoisotopic (exact) mass is 288 g/mol. The van der Waals surface area contributed by atoms with Crippen LogP contribution in [-0.2, 0) is 21.3 Å². The molecule has 1 saturated heterocycles. The maximum absolute atomic E-state index is 13.2. The molecule has 3 N–H and O–H groups in total. The Morgan fingerprint density at radius 2 is 2.26 bits per heavy atom. The van der Waals surface area contributed by atoms with Crippen molar-refractivity contribution >= 4 is 10.0 Å². The number of rotatable bonds is 5. The third-order valence-electron chi connectivity index (χ3n) is 3.12. The molecule has 0 radical (unpaired) electrons. The number of sulfonamides is 1. The standard InChI is InChI=1S/C12H17FN2O3S/c13-11-2-1-10(6-14)12(5-11)19(16,17)15-7-9-3-4-18-8-9/h1-2,5,9,15H,3-4,6-8,14H2. The van der Waals surface area contributed by atoms with E-state index in [0.717, 1.165) is 12.5 Å². The summed E-state index contributed by atoms with van der Waals surface area (Å²) in [7, 11) is -3.74. The van der Waals surface area contributed by atoms with Gasteiger partial charge in [0.15, 0.2) is 0 Å². The molecule has 1 aromatic carbocycles. The number of nitrogens with one attached hydrogen (secondary N) is 1. The zero-order valence-electron chi connectivity index (χ0n) is 10.4. The summed E-state index contributed by atoms with van der Waals surface area (Å²) in [5, 5.41) is 0. The van der Waals surface area contributed by atoms with Crippen molar-refractivity contribution < 1.29 is 17.5 Å². The molecular formula is C12H17FN2O3S. The van der Waals surface area contributed by atoms with Crippen LogP contribution in [0.15, 0.2) is 23.1 Å². The molecule has 5 nitrogen and oxygen atoms in total. The third-order valence-corrected chi connectivity index (χ3v) is 4.63. The number of hydrogen-bond donors (Lipinski definition) is 2. The van der Waals surface area contributed by atoms with Crippen molar-refractivity contribution in [1.82, 2.24) is 4.72 Å². The van der Waals surface area contributed by atoms with Crippen LogP contribution in [0.2, 0.25) is 0 Å². The van der Waals surface area contributed by atoms with Gasteiger partial charge in [0.25, 0.3) is 0 Å². The van der Waals surface area contributed by atoms with Gasteiger partial charge < -0.3 is 10.5 Å². The number of nitrogens with two attached hydrogens (primary N) is 1. The second-order valence-corrected chi connectivity index (χ2v) is 6.27. The first kappa shape index (κ1) is 14.4. The molecule has 0 spiro atoms. The SMILES string of the molecule is NCc1ccc(F)cc1S(=O)(=O)NCC1CCOC1. The summed E-state index contributed by atoms with van der Waals surface area (Å²) in [6.45, 7) is 1.54. The van der Waals surface area contributed by atoms with E-state index >= 15 is 0 Å². The molecule has 1 unspecified atom stereocenters. The van der Waals surface area contributed by atoms with Crippen molar-refractivity contribution in [2.45, 2.75) is 17.9 Å². The molecule has 0 saturated carbocycles. The molecular weight excluding hydrogens is 271 g/mol. The van der Waals surface area contributed by atoms with Gasteiger partial charge >= 0.3 is 0 Å². The zero-order valence-corrected chi connectivity index (χ0v) is 11.2. The van der Waals surface area contributed by atoms with E-state index in [9.17, 15) is 12.8 Å². The van der Waals surface area contributed by atoms with Crippen LogP contribution < -0.4 is 10.5 Å². The van der Waals surface area contributed by atoms with E-state index in [1.807, 2.05) is 0 Å². The van der Waals surface area contributed by atoms with Gasteiger partial charge in [0.05, 0.1) is 11.5 Å². The van der Waals surface area contributed by atoms with Crippen LogP contribution in [0.1, 0.15) is 12.0 Å². The Hall–Kier alpha value is -1.02. The quantitative estimate of drug-likeness (QED) is 0.831. The smallest absolute Gasteiger partial charge is 0.241 e. The van der Waals surface area contributed by atoms with Crippen LogP contribution in [0.5, 0.6) is 0 Å². The molecule has 19 heavy (non-hydrogen) atoms. The maximum atomic E-state index is 13.2. The lowest BCUT2D eigenvalue weighted by Crippen LogP contribution is -2.30. The highest BCUT2D eigenvalue weighted by Gasteiger charge is 2.22. The van der Waals surface area contributed by atoms with E-state index in [-0.39, 0.29) is 17.4 Å². The van der Waals surface area contributed by atoms with Gasteiger partial charge in [-0.05, 0) is 30.0 Å². The molecule has 1 fully saturated rings. The lowest BCUT2D eigenvalue weighted by Gasteiger charge is -2.13. The van der Waals surface area contributed by atoms with E-state index in [1.54, 1.807) is 0 Å². The van der Waals surface area contributed by atoms with E-state index < -0.39 is 15.8 Å². The molecule has 1 atom stereocenters. The first-order valence-corrected chi connectivity index (χ1v) is 7.57. The van der Waals surface area contributed by atoms with Crippen molar-refractivity contribution in [3.8, 4) is 0 Å². The van der Waals surface area contributed by atoms with E-state index in [2.05, 4.69) is 4.72 Å². The summed E-state index contributed by atoms with van der Waals surface area (Å²) in [4.78, 5) is -0.0890. The molecule has 1 aliphatic rings. The summed E-state index contributed by atoms with van der Waals surface area (Å²) in [5.41, 5.74) is 5.88. The minimum absolute atomic E-state index is 0.0447. The molecule has 106 valence electrons. The maximum Gasteiger partial charge on any atom is 0.241 e. The first-order chi connectivity index (χ1) is 9.03. The van der Waals surface area contributed by atoms with E-state index in [0.29, 0.717) is 25.3 Å². The van der Waals surface area contributed by atoms with Gasteiger partial charge in [0.1, 0.15) is 5.82 Å². The molecule has 2 rings (SSSR count). The summed E-state index contributed by atoms with van der Waals surface area (Å²) in [6, 6.07) is 3.59. The second-order valence-electron chi connectivity index (χ2n) is 4.54. The topological polar surface area (TPSA) is 81.4 Å². The lowest BCUT2D eigenvalue weighted by molar-refractivity contribution is 0.186. The Bertz CT molecular complexity index is 542. The van der Waals surface area contributed by atoms with Gasteiger partial charge in [0.2, 0.25) is 10.0 Å². The molecule has 1 aliphatic heterocycles. The third kappa shape index (κ3) is 3.50. The summed E-state index contributed by atoms with van der Waals surface area (Å²) in [6.07, 6.45) is 0.829.